The largest absolute Gasteiger partial charge is 0.325 e. The molecule has 17 heavy (non-hydrogen) atoms. The second-order valence-corrected chi connectivity index (χ2v) is 7.46. The third-order valence-corrected chi connectivity index (χ3v) is 6.42. The molecule has 4 fully saturated rings. The van der Waals surface area contributed by atoms with Gasteiger partial charge in [-0.05, 0) is 55.8 Å². The van der Waals surface area contributed by atoms with Crippen molar-refractivity contribution in [3.63, 3.8) is 0 Å². The van der Waals surface area contributed by atoms with Crippen LogP contribution in [0.3, 0.4) is 0 Å². The van der Waals surface area contributed by atoms with Crippen molar-refractivity contribution in [3.05, 3.63) is 16.1 Å². The normalized spacial score (nSPS) is 43.2. The van der Waals surface area contributed by atoms with Crippen LogP contribution in [0.1, 0.15) is 47.9 Å². The van der Waals surface area contributed by atoms with E-state index in [1.165, 1.54) is 32.1 Å². The van der Waals surface area contributed by atoms with Crippen LogP contribution in [0.15, 0.2) is 6.20 Å². The van der Waals surface area contributed by atoms with Gasteiger partial charge in [0, 0.05) is 23.5 Å². The summed E-state index contributed by atoms with van der Waals surface area (Å²) in [5.41, 5.74) is 5.69. The summed E-state index contributed by atoms with van der Waals surface area (Å²) in [6, 6.07) is 0. The van der Waals surface area contributed by atoms with E-state index in [2.05, 4.69) is 11.2 Å². The van der Waals surface area contributed by atoms with Crippen LogP contribution in [0, 0.1) is 23.7 Å². The van der Waals surface area contributed by atoms with Crippen molar-refractivity contribution in [2.75, 3.05) is 0 Å². The minimum Gasteiger partial charge on any atom is -0.325 e. The van der Waals surface area contributed by atoms with Crippen molar-refractivity contribution >= 4 is 11.3 Å². The lowest BCUT2D eigenvalue weighted by Crippen LogP contribution is -2.43. The molecule has 0 atom stereocenters. The van der Waals surface area contributed by atoms with Crippen LogP contribution < -0.4 is 5.73 Å². The Morgan fingerprint density at radius 1 is 1.12 bits per heavy atom. The molecule has 2 N–H and O–H groups in total. The van der Waals surface area contributed by atoms with Gasteiger partial charge in [-0.1, -0.05) is 0 Å². The minimum atomic E-state index is 0.609. The molecule has 1 heterocycles. The number of hydrogen-bond acceptors (Lipinski definition) is 3. The van der Waals surface area contributed by atoms with Gasteiger partial charge in [0.15, 0.2) is 0 Å². The van der Waals surface area contributed by atoms with E-state index in [9.17, 15) is 0 Å². The number of aromatic nitrogens is 1. The van der Waals surface area contributed by atoms with E-state index < -0.39 is 0 Å². The molecule has 0 unspecified atom stereocenters. The van der Waals surface area contributed by atoms with E-state index in [-0.39, 0.29) is 0 Å². The number of hydrogen-bond donors (Lipinski definition) is 1. The molecule has 0 spiro atoms. The molecular formula is C14H20N2S. The van der Waals surface area contributed by atoms with Crippen LogP contribution in [0.2, 0.25) is 0 Å². The Morgan fingerprint density at radius 3 is 2.29 bits per heavy atom. The fourth-order valence-electron chi connectivity index (χ4n) is 4.96. The van der Waals surface area contributed by atoms with Gasteiger partial charge >= 0.3 is 0 Å². The summed E-state index contributed by atoms with van der Waals surface area (Å²) in [7, 11) is 0. The molecule has 4 saturated carbocycles. The molecule has 0 aromatic carbocycles. The number of nitrogens with zero attached hydrogens (tertiary/aromatic N) is 1. The summed E-state index contributed by atoms with van der Waals surface area (Å²) in [5.74, 6) is 4.90. The Bertz CT molecular complexity index is 398. The zero-order valence-corrected chi connectivity index (χ0v) is 11.0. The molecule has 2 nitrogen and oxygen atoms in total. The number of nitrogens with two attached hydrogens (primary N) is 1. The van der Waals surface area contributed by atoms with Gasteiger partial charge in [-0.2, -0.15) is 0 Å². The Morgan fingerprint density at radius 2 is 1.76 bits per heavy atom. The van der Waals surface area contributed by atoms with E-state index in [0.717, 1.165) is 34.6 Å². The van der Waals surface area contributed by atoms with Crippen LogP contribution in [0.4, 0.5) is 0 Å². The second-order valence-electron chi connectivity index (χ2n) is 6.32. The van der Waals surface area contributed by atoms with Gasteiger partial charge in [0.2, 0.25) is 0 Å². The quantitative estimate of drug-likeness (QED) is 0.873. The molecule has 92 valence electrons. The van der Waals surface area contributed by atoms with Crippen molar-refractivity contribution < 1.29 is 0 Å². The predicted octanol–water partition coefficient (Wildman–Crippen LogP) is 3.14. The molecule has 5 rings (SSSR count). The van der Waals surface area contributed by atoms with Crippen molar-refractivity contribution in [1.29, 1.82) is 0 Å². The fraction of sp³-hybridized carbons (Fsp3) is 0.786. The van der Waals surface area contributed by atoms with Crippen LogP contribution in [-0.4, -0.2) is 4.98 Å². The topological polar surface area (TPSA) is 38.9 Å². The van der Waals surface area contributed by atoms with E-state index in [0.29, 0.717) is 6.54 Å². The summed E-state index contributed by atoms with van der Waals surface area (Å²) >= 11 is 1.88. The van der Waals surface area contributed by atoms with E-state index in [1.807, 2.05) is 11.3 Å². The van der Waals surface area contributed by atoms with Crippen molar-refractivity contribution in [2.24, 2.45) is 29.4 Å². The SMILES string of the molecule is NCc1ncc(C2C3CC4CC(C3)CC2C4)s1. The number of rotatable bonds is 2. The van der Waals surface area contributed by atoms with E-state index >= 15 is 0 Å². The molecule has 4 bridgehead atoms. The van der Waals surface area contributed by atoms with Crippen molar-refractivity contribution in [3.8, 4) is 0 Å². The zero-order valence-electron chi connectivity index (χ0n) is 10.1. The van der Waals surface area contributed by atoms with Gasteiger partial charge in [0.05, 0.1) is 0 Å². The maximum Gasteiger partial charge on any atom is 0.106 e. The third-order valence-electron chi connectivity index (χ3n) is 5.30. The summed E-state index contributed by atoms with van der Waals surface area (Å²) < 4.78 is 0. The van der Waals surface area contributed by atoms with Crippen LogP contribution in [0.5, 0.6) is 0 Å². The third kappa shape index (κ3) is 1.59. The Labute approximate surface area is 107 Å². The van der Waals surface area contributed by atoms with Gasteiger partial charge in [-0.15, -0.1) is 11.3 Å². The molecular weight excluding hydrogens is 228 g/mol. The first-order chi connectivity index (χ1) is 8.33. The fourth-order valence-corrected chi connectivity index (χ4v) is 6.05. The predicted molar refractivity (Wildman–Crippen MR) is 69.8 cm³/mol. The Balaban J connectivity index is 1.65. The maximum absolute atomic E-state index is 5.69. The van der Waals surface area contributed by atoms with E-state index in [1.54, 1.807) is 4.88 Å². The maximum atomic E-state index is 5.69. The van der Waals surface area contributed by atoms with Gasteiger partial charge in [0.1, 0.15) is 5.01 Å². The zero-order chi connectivity index (χ0) is 11.4. The molecule has 0 radical (unpaired) electrons. The smallest absolute Gasteiger partial charge is 0.106 e. The Kier molecular flexibility index (Phi) is 2.34. The first-order valence-corrected chi connectivity index (χ1v) is 7.79. The summed E-state index contributed by atoms with van der Waals surface area (Å²) in [6.07, 6.45) is 9.64. The van der Waals surface area contributed by atoms with E-state index in [4.69, 9.17) is 5.73 Å². The average Bonchev–Trinajstić information content (AvgIpc) is 2.76. The van der Waals surface area contributed by atoms with Crippen molar-refractivity contribution in [1.82, 2.24) is 4.98 Å². The Hall–Kier alpha value is -0.410. The van der Waals surface area contributed by atoms with Crippen LogP contribution in [-0.2, 0) is 6.54 Å². The molecule has 4 aliphatic rings. The molecule has 3 heteroatoms. The lowest BCUT2D eigenvalue weighted by atomic mass is 9.52. The molecule has 0 aliphatic heterocycles. The van der Waals surface area contributed by atoms with Gasteiger partial charge < -0.3 is 5.73 Å². The highest BCUT2D eigenvalue weighted by atomic mass is 32.1. The molecule has 0 saturated heterocycles. The first-order valence-electron chi connectivity index (χ1n) is 6.98. The molecule has 1 aromatic heterocycles. The van der Waals surface area contributed by atoms with Crippen LogP contribution >= 0.6 is 11.3 Å². The van der Waals surface area contributed by atoms with Crippen molar-refractivity contribution in [2.45, 2.75) is 44.6 Å². The van der Waals surface area contributed by atoms with Crippen LogP contribution in [0.25, 0.3) is 0 Å². The van der Waals surface area contributed by atoms with Gasteiger partial charge in [-0.3, -0.25) is 0 Å². The second kappa shape index (κ2) is 3.79. The summed E-state index contributed by atoms with van der Waals surface area (Å²) in [6.45, 7) is 0.609. The summed E-state index contributed by atoms with van der Waals surface area (Å²) in [4.78, 5) is 6.00. The molecule has 0 amide bonds. The minimum absolute atomic E-state index is 0.609. The molecule has 4 aliphatic carbocycles. The lowest BCUT2D eigenvalue weighted by Gasteiger charge is -2.54. The highest BCUT2D eigenvalue weighted by Crippen LogP contribution is 2.60. The number of thiazole rings is 1. The van der Waals surface area contributed by atoms with Gasteiger partial charge in [-0.25, -0.2) is 4.98 Å². The summed E-state index contributed by atoms with van der Waals surface area (Å²) in [5, 5.41) is 1.12. The highest BCUT2D eigenvalue weighted by Gasteiger charge is 2.49. The first kappa shape index (κ1) is 10.5. The monoisotopic (exact) mass is 248 g/mol. The lowest BCUT2D eigenvalue weighted by molar-refractivity contribution is -0.00167. The molecule has 1 aromatic rings. The van der Waals surface area contributed by atoms with Gasteiger partial charge in [0.25, 0.3) is 0 Å². The average molecular weight is 248 g/mol. The highest BCUT2D eigenvalue weighted by molar-refractivity contribution is 7.11. The standard InChI is InChI=1S/C14H20N2S/c15-6-13-16-7-12(17-13)14-10-2-8-1-9(4-10)5-11(14)3-8/h7-11,14H,1-6,15H2.